The first-order chi connectivity index (χ1) is 8.74. The second-order valence-electron chi connectivity index (χ2n) is 4.12. The highest BCUT2D eigenvalue weighted by molar-refractivity contribution is 5.67. The van der Waals surface area contributed by atoms with Gasteiger partial charge in [0.2, 0.25) is 0 Å². The highest BCUT2D eigenvalue weighted by atomic mass is 16.3. The van der Waals surface area contributed by atoms with Gasteiger partial charge in [0.05, 0.1) is 5.69 Å². The van der Waals surface area contributed by atoms with Gasteiger partial charge in [-0.05, 0) is 30.2 Å². The van der Waals surface area contributed by atoms with E-state index in [0.29, 0.717) is 0 Å². The number of hydrogen-bond donors (Lipinski definition) is 2. The van der Waals surface area contributed by atoms with Crippen molar-refractivity contribution >= 4 is 0 Å². The molecule has 0 unspecified atom stereocenters. The third-order valence-corrected chi connectivity index (χ3v) is 2.71. The Bertz CT molecular complexity index is 570. The van der Waals surface area contributed by atoms with E-state index in [2.05, 4.69) is 23.4 Å². The van der Waals surface area contributed by atoms with E-state index < -0.39 is 0 Å². The first-order valence-corrected chi connectivity index (χ1v) is 5.83. The summed E-state index contributed by atoms with van der Waals surface area (Å²) in [6.07, 6.45) is 5.16. The second-order valence-corrected chi connectivity index (χ2v) is 4.12. The summed E-state index contributed by atoms with van der Waals surface area (Å²) in [5, 5.41) is 17.0. The lowest BCUT2D eigenvalue weighted by atomic mass is 10.0. The molecule has 92 valence electrons. The van der Waals surface area contributed by atoms with Crippen LogP contribution in [0.5, 0.6) is 5.75 Å². The molecule has 2 aromatic rings. The summed E-state index contributed by atoms with van der Waals surface area (Å²) in [5.41, 5.74) is 3.57. The summed E-state index contributed by atoms with van der Waals surface area (Å²) in [4.78, 5) is 0. The predicted octanol–water partition coefficient (Wildman–Crippen LogP) is 3.24. The van der Waals surface area contributed by atoms with Gasteiger partial charge in [0.15, 0.2) is 0 Å². The van der Waals surface area contributed by atoms with Crippen molar-refractivity contribution in [1.29, 1.82) is 0 Å². The Balaban J connectivity index is 2.38. The molecule has 0 atom stereocenters. The maximum absolute atomic E-state index is 9.90. The summed E-state index contributed by atoms with van der Waals surface area (Å²) in [5.74, 6) is 0.236. The fourth-order valence-electron chi connectivity index (χ4n) is 1.84. The van der Waals surface area contributed by atoms with E-state index in [0.717, 1.165) is 35.4 Å². The number of rotatable bonds is 5. The SMILES string of the molecule is C=CCc1ccc(O)c(-c2cc(CC=C)[nH]n2)c1. The van der Waals surface area contributed by atoms with Crippen molar-refractivity contribution in [2.75, 3.05) is 0 Å². The number of aromatic nitrogens is 2. The number of phenols is 1. The molecule has 18 heavy (non-hydrogen) atoms. The van der Waals surface area contributed by atoms with Crippen molar-refractivity contribution in [2.24, 2.45) is 0 Å². The molecular formula is C15H16N2O. The standard InChI is InChI=1S/C15H16N2O/c1-3-5-11-7-8-15(18)13(9-11)14-10-12(6-4-2)16-17-14/h3-4,7-10,18H,1-2,5-6H2,(H,16,17). The van der Waals surface area contributed by atoms with E-state index in [9.17, 15) is 5.11 Å². The molecule has 1 aromatic heterocycles. The summed E-state index contributed by atoms with van der Waals surface area (Å²) >= 11 is 0. The monoisotopic (exact) mass is 240 g/mol. The first kappa shape index (κ1) is 12.2. The molecule has 2 N–H and O–H groups in total. The van der Waals surface area contributed by atoms with Crippen LogP contribution in [-0.2, 0) is 12.8 Å². The van der Waals surface area contributed by atoms with E-state index in [1.807, 2.05) is 30.4 Å². The van der Waals surface area contributed by atoms with Gasteiger partial charge in [0, 0.05) is 17.7 Å². The van der Waals surface area contributed by atoms with Gasteiger partial charge in [-0.25, -0.2) is 0 Å². The van der Waals surface area contributed by atoms with Gasteiger partial charge in [0.1, 0.15) is 5.75 Å². The van der Waals surface area contributed by atoms with E-state index in [1.165, 1.54) is 0 Å². The Kier molecular flexibility index (Phi) is 3.63. The molecule has 0 aliphatic rings. The average molecular weight is 240 g/mol. The van der Waals surface area contributed by atoms with Crippen LogP contribution in [0.25, 0.3) is 11.3 Å². The minimum atomic E-state index is 0.236. The van der Waals surface area contributed by atoms with Crippen LogP contribution in [0.1, 0.15) is 11.3 Å². The number of nitrogens with one attached hydrogen (secondary N) is 1. The molecule has 0 radical (unpaired) electrons. The molecule has 3 heteroatoms. The van der Waals surface area contributed by atoms with Crippen molar-refractivity contribution in [3.63, 3.8) is 0 Å². The van der Waals surface area contributed by atoms with Gasteiger partial charge in [-0.1, -0.05) is 18.2 Å². The van der Waals surface area contributed by atoms with Crippen molar-refractivity contribution in [3.8, 4) is 17.0 Å². The molecule has 0 spiro atoms. The number of allylic oxidation sites excluding steroid dienone is 2. The fraction of sp³-hybridized carbons (Fsp3) is 0.133. The molecule has 0 bridgehead atoms. The maximum Gasteiger partial charge on any atom is 0.125 e. The summed E-state index contributed by atoms with van der Waals surface area (Å²) < 4.78 is 0. The molecule has 0 saturated heterocycles. The van der Waals surface area contributed by atoms with Crippen molar-refractivity contribution in [1.82, 2.24) is 10.2 Å². The highest BCUT2D eigenvalue weighted by Crippen LogP contribution is 2.29. The Morgan fingerprint density at radius 3 is 2.67 bits per heavy atom. The van der Waals surface area contributed by atoms with Crippen LogP contribution < -0.4 is 0 Å². The number of benzene rings is 1. The van der Waals surface area contributed by atoms with Crippen LogP contribution in [-0.4, -0.2) is 15.3 Å². The number of hydrogen-bond acceptors (Lipinski definition) is 2. The largest absolute Gasteiger partial charge is 0.507 e. The Hall–Kier alpha value is -2.29. The summed E-state index contributed by atoms with van der Waals surface area (Å²) in [6.45, 7) is 7.40. The molecule has 3 nitrogen and oxygen atoms in total. The maximum atomic E-state index is 9.90. The van der Waals surface area contributed by atoms with Gasteiger partial charge in [0.25, 0.3) is 0 Å². The molecular weight excluding hydrogens is 224 g/mol. The van der Waals surface area contributed by atoms with Gasteiger partial charge in [-0.3, -0.25) is 5.10 Å². The van der Waals surface area contributed by atoms with Crippen LogP contribution in [0.15, 0.2) is 49.6 Å². The first-order valence-electron chi connectivity index (χ1n) is 5.83. The Morgan fingerprint density at radius 2 is 1.94 bits per heavy atom. The zero-order valence-corrected chi connectivity index (χ0v) is 10.2. The van der Waals surface area contributed by atoms with Crippen LogP contribution in [0.3, 0.4) is 0 Å². The number of aromatic amines is 1. The van der Waals surface area contributed by atoms with Crippen molar-refractivity contribution in [2.45, 2.75) is 12.8 Å². The van der Waals surface area contributed by atoms with E-state index in [-0.39, 0.29) is 5.75 Å². The third kappa shape index (κ3) is 2.51. The predicted molar refractivity (Wildman–Crippen MR) is 73.5 cm³/mol. The number of phenolic OH excluding ortho intramolecular Hbond substituents is 1. The molecule has 2 rings (SSSR count). The summed E-state index contributed by atoms with van der Waals surface area (Å²) in [6, 6.07) is 7.44. The lowest BCUT2D eigenvalue weighted by molar-refractivity contribution is 0.477. The third-order valence-electron chi connectivity index (χ3n) is 2.71. The van der Waals surface area contributed by atoms with Crippen molar-refractivity contribution in [3.05, 3.63) is 60.8 Å². The Labute approximate surface area is 106 Å². The highest BCUT2D eigenvalue weighted by Gasteiger charge is 2.09. The van der Waals surface area contributed by atoms with Crippen LogP contribution >= 0.6 is 0 Å². The molecule has 1 heterocycles. The smallest absolute Gasteiger partial charge is 0.125 e. The quantitative estimate of drug-likeness (QED) is 0.788. The zero-order valence-electron chi connectivity index (χ0n) is 10.2. The molecule has 0 fully saturated rings. The lowest BCUT2D eigenvalue weighted by Gasteiger charge is -2.03. The van der Waals surface area contributed by atoms with E-state index in [1.54, 1.807) is 6.07 Å². The van der Waals surface area contributed by atoms with Crippen LogP contribution in [0, 0.1) is 0 Å². The van der Waals surface area contributed by atoms with Crippen LogP contribution in [0.4, 0.5) is 0 Å². The number of H-pyrrole nitrogens is 1. The second kappa shape index (κ2) is 5.36. The fourth-order valence-corrected chi connectivity index (χ4v) is 1.84. The van der Waals surface area contributed by atoms with Gasteiger partial charge >= 0.3 is 0 Å². The summed E-state index contributed by atoms with van der Waals surface area (Å²) in [7, 11) is 0. The zero-order chi connectivity index (χ0) is 13.0. The van der Waals surface area contributed by atoms with E-state index >= 15 is 0 Å². The minimum Gasteiger partial charge on any atom is -0.507 e. The topological polar surface area (TPSA) is 48.9 Å². The number of aromatic hydroxyl groups is 1. The van der Waals surface area contributed by atoms with E-state index in [4.69, 9.17) is 0 Å². The Morgan fingerprint density at radius 1 is 1.17 bits per heavy atom. The van der Waals surface area contributed by atoms with Crippen LogP contribution in [0.2, 0.25) is 0 Å². The molecule has 0 saturated carbocycles. The molecule has 0 amide bonds. The molecule has 1 aromatic carbocycles. The molecule has 0 aliphatic heterocycles. The lowest BCUT2D eigenvalue weighted by Crippen LogP contribution is -1.85. The normalized spacial score (nSPS) is 10.2. The van der Waals surface area contributed by atoms with Crippen molar-refractivity contribution < 1.29 is 5.11 Å². The molecule has 0 aliphatic carbocycles. The van der Waals surface area contributed by atoms with Gasteiger partial charge in [-0.2, -0.15) is 5.10 Å². The average Bonchev–Trinajstić information content (AvgIpc) is 2.81. The minimum absolute atomic E-state index is 0.236. The van der Waals surface area contributed by atoms with Gasteiger partial charge in [-0.15, -0.1) is 13.2 Å². The van der Waals surface area contributed by atoms with Gasteiger partial charge < -0.3 is 5.11 Å². The number of nitrogens with zero attached hydrogens (tertiary/aromatic N) is 1.